The fourth-order valence-electron chi connectivity index (χ4n) is 2.09. The summed E-state index contributed by atoms with van der Waals surface area (Å²) in [4.78, 5) is 0. The standard InChI is InChI=1S/C16H16ClF2NO/c1-10(7-11-3-5-13(21-2)6-4-11)20-16-14(17)8-12(18)9-15(16)19/h3-6,8-10,20H,7H2,1-2H3. The van der Waals surface area contributed by atoms with Crippen molar-refractivity contribution < 1.29 is 13.5 Å². The number of hydrogen-bond acceptors (Lipinski definition) is 2. The molecule has 0 saturated heterocycles. The molecule has 1 N–H and O–H groups in total. The third-order valence-electron chi connectivity index (χ3n) is 3.10. The summed E-state index contributed by atoms with van der Waals surface area (Å²) in [6, 6.07) is 9.47. The molecule has 1 atom stereocenters. The van der Waals surface area contributed by atoms with E-state index in [1.165, 1.54) is 0 Å². The zero-order valence-electron chi connectivity index (χ0n) is 11.8. The Bertz CT molecular complexity index is 593. The molecule has 5 heteroatoms. The maximum atomic E-state index is 13.7. The second kappa shape index (κ2) is 6.76. The van der Waals surface area contributed by atoms with Crippen molar-refractivity contribution in [1.82, 2.24) is 0 Å². The fraction of sp³-hybridized carbons (Fsp3) is 0.250. The highest BCUT2D eigenvalue weighted by atomic mass is 35.5. The molecule has 0 saturated carbocycles. The van der Waals surface area contributed by atoms with Gasteiger partial charge in [-0.3, -0.25) is 0 Å². The van der Waals surface area contributed by atoms with Crippen molar-refractivity contribution in [3.63, 3.8) is 0 Å². The summed E-state index contributed by atoms with van der Waals surface area (Å²) < 4.78 is 31.8. The van der Waals surface area contributed by atoms with Gasteiger partial charge in [0, 0.05) is 12.1 Å². The van der Waals surface area contributed by atoms with E-state index in [1.54, 1.807) is 7.11 Å². The van der Waals surface area contributed by atoms with Crippen molar-refractivity contribution in [2.24, 2.45) is 0 Å². The van der Waals surface area contributed by atoms with E-state index in [2.05, 4.69) is 5.32 Å². The van der Waals surface area contributed by atoms with Crippen LogP contribution in [0.1, 0.15) is 12.5 Å². The van der Waals surface area contributed by atoms with Gasteiger partial charge in [-0.25, -0.2) is 8.78 Å². The van der Waals surface area contributed by atoms with Crippen LogP contribution in [0.2, 0.25) is 5.02 Å². The molecule has 0 heterocycles. The monoisotopic (exact) mass is 311 g/mol. The topological polar surface area (TPSA) is 21.3 Å². The minimum absolute atomic E-state index is 0.0362. The van der Waals surface area contributed by atoms with Crippen LogP contribution in [0.25, 0.3) is 0 Å². The van der Waals surface area contributed by atoms with E-state index in [1.807, 2.05) is 31.2 Å². The summed E-state index contributed by atoms with van der Waals surface area (Å²) in [5.41, 5.74) is 1.20. The van der Waals surface area contributed by atoms with Gasteiger partial charge in [0.25, 0.3) is 0 Å². The second-order valence-electron chi connectivity index (χ2n) is 4.84. The van der Waals surface area contributed by atoms with Crippen molar-refractivity contribution in [2.45, 2.75) is 19.4 Å². The largest absolute Gasteiger partial charge is 0.497 e. The fourth-order valence-corrected chi connectivity index (χ4v) is 2.34. The van der Waals surface area contributed by atoms with Crippen molar-refractivity contribution in [1.29, 1.82) is 0 Å². The summed E-state index contributed by atoms with van der Waals surface area (Å²) in [5, 5.41) is 3.01. The van der Waals surface area contributed by atoms with Gasteiger partial charge in [0.15, 0.2) is 5.82 Å². The van der Waals surface area contributed by atoms with Gasteiger partial charge < -0.3 is 10.1 Å². The Hall–Kier alpha value is -1.81. The van der Waals surface area contributed by atoms with Crippen LogP contribution in [-0.2, 0) is 6.42 Å². The van der Waals surface area contributed by atoms with Gasteiger partial charge in [-0.2, -0.15) is 0 Å². The highest BCUT2D eigenvalue weighted by Gasteiger charge is 2.13. The number of methoxy groups -OCH3 is 1. The first-order valence-electron chi connectivity index (χ1n) is 6.53. The average Bonchev–Trinajstić information content (AvgIpc) is 2.43. The van der Waals surface area contributed by atoms with Gasteiger partial charge in [0.2, 0.25) is 0 Å². The molecule has 2 rings (SSSR count). The van der Waals surface area contributed by atoms with Crippen LogP contribution >= 0.6 is 11.6 Å². The molecule has 1 unspecified atom stereocenters. The molecule has 2 nitrogen and oxygen atoms in total. The van der Waals surface area contributed by atoms with Gasteiger partial charge in [0.05, 0.1) is 17.8 Å². The minimum atomic E-state index is -0.693. The number of hydrogen-bond donors (Lipinski definition) is 1. The smallest absolute Gasteiger partial charge is 0.150 e. The number of rotatable bonds is 5. The summed E-state index contributed by atoms with van der Waals surface area (Å²) in [7, 11) is 1.61. The van der Waals surface area contributed by atoms with Crippen LogP contribution < -0.4 is 10.1 Å². The summed E-state index contributed by atoms with van der Waals surface area (Å²) in [6.07, 6.45) is 0.678. The summed E-state index contributed by atoms with van der Waals surface area (Å²) in [5.74, 6) is -0.598. The Labute approximate surface area is 127 Å². The van der Waals surface area contributed by atoms with Crippen LogP contribution in [0.15, 0.2) is 36.4 Å². The molecule has 2 aromatic carbocycles. The van der Waals surface area contributed by atoms with Crippen LogP contribution in [0.5, 0.6) is 5.75 Å². The normalized spacial score (nSPS) is 12.0. The van der Waals surface area contributed by atoms with Crippen LogP contribution in [0.3, 0.4) is 0 Å². The van der Waals surface area contributed by atoms with Crippen LogP contribution in [0.4, 0.5) is 14.5 Å². The first-order valence-corrected chi connectivity index (χ1v) is 6.91. The Morgan fingerprint density at radius 2 is 1.86 bits per heavy atom. The van der Waals surface area contributed by atoms with Gasteiger partial charge >= 0.3 is 0 Å². The zero-order valence-corrected chi connectivity index (χ0v) is 12.5. The second-order valence-corrected chi connectivity index (χ2v) is 5.25. The Balaban J connectivity index is 2.06. The van der Waals surface area contributed by atoms with E-state index < -0.39 is 11.6 Å². The Kier molecular flexibility index (Phi) is 5.02. The van der Waals surface area contributed by atoms with Gasteiger partial charge in [-0.05, 0) is 37.1 Å². The van der Waals surface area contributed by atoms with Crippen molar-refractivity contribution in [2.75, 3.05) is 12.4 Å². The molecule has 0 amide bonds. The van der Waals surface area contributed by atoms with E-state index in [0.717, 1.165) is 23.4 Å². The first kappa shape index (κ1) is 15.6. The molecule has 0 aliphatic rings. The molecule has 0 aromatic heterocycles. The van der Waals surface area contributed by atoms with E-state index in [0.29, 0.717) is 6.42 Å². The van der Waals surface area contributed by atoms with Gasteiger partial charge in [0.1, 0.15) is 11.6 Å². The predicted octanol–water partition coefficient (Wildman–Crippen LogP) is 4.67. The van der Waals surface area contributed by atoms with E-state index in [4.69, 9.17) is 16.3 Å². The van der Waals surface area contributed by atoms with Crippen LogP contribution in [0, 0.1) is 11.6 Å². The lowest BCUT2D eigenvalue weighted by Crippen LogP contribution is -2.19. The highest BCUT2D eigenvalue weighted by molar-refractivity contribution is 6.33. The molecule has 0 aliphatic heterocycles. The predicted molar refractivity (Wildman–Crippen MR) is 81.2 cm³/mol. The molecule has 2 aromatic rings. The summed E-state index contributed by atoms with van der Waals surface area (Å²) in [6.45, 7) is 1.91. The molecule has 0 fully saturated rings. The number of anilines is 1. The molecule has 21 heavy (non-hydrogen) atoms. The third-order valence-corrected chi connectivity index (χ3v) is 3.40. The van der Waals surface area contributed by atoms with E-state index >= 15 is 0 Å². The SMILES string of the molecule is COc1ccc(CC(C)Nc2c(F)cc(F)cc2Cl)cc1. The maximum Gasteiger partial charge on any atom is 0.150 e. The molecule has 112 valence electrons. The lowest BCUT2D eigenvalue weighted by Gasteiger charge is -2.17. The highest BCUT2D eigenvalue weighted by Crippen LogP contribution is 2.27. The lowest BCUT2D eigenvalue weighted by atomic mass is 10.1. The quantitative estimate of drug-likeness (QED) is 0.866. The van der Waals surface area contributed by atoms with Gasteiger partial charge in [-0.1, -0.05) is 23.7 Å². The molecular formula is C16H16ClF2NO. The molecular weight excluding hydrogens is 296 g/mol. The van der Waals surface area contributed by atoms with E-state index in [9.17, 15) is 8.78 Å². The minimum Gasteiger partial charge on any atom is -0.497 e. The van der Waals surface area contributed by atoms with Gasteiger partial charge in [-0.15, -0.1) is 0 Å². The Morgan fingerprint density at radius 1 is 1.19 bits per heavy atom. The molecule has 0 spiro atoms. The summed E-state index contributed by atoms with van der Waals surface area (Å²) >= 11 is 5.86. The molecule has 0 aliphatic carbocycles. The molecule has 0 bridgehead atoms. The maximum absolute atomic E-state index is 13.7. The number of halogens is 3. The first-order chi connectivity index (χ1) is 9.99. The van der Waals surface area contributed by atoms with Crippen molar-refractivity contribution in [3.8, 4) is 5.75 Å². The lowest BCUT2D eigenvalue weighted by molar-refractivity contribution is 0.414. The zero-order chi connectivity index (χ0) is 15.4. The van der Waals surface area contributed by atoms with Crippen molar-refractivity contribution in [3.05, 3.63) is 58.6 Å². The Morgan fingerprint density at radius 3 is 2.43 bits per heavy atom. The number of benzene rings is 2. The number of nitrogens with one attached hydrogen (secondary N) is 1. The molecule has 0 radical (unpaired) electrons. The van der Waals surface area contributed by atoms with Crippen LogP contribution in [-0.4, -0.2) is 13.2 Å². The number of ether oxygens (including phenoxy) is 1. The average molecular weight is 312 g/mol. The van der Waals surface area contributed by atoms with E-state index in [-0.39, 0.29) is 16.8 Å². The third kappa shape index (κ3) is 4.08. The van der Waals surface area contributed by atoms with Crippen molar-refractivity contribution >= 4 is 17.3 Å².